The number of rotatable bonds is 2. The van der Waals surface area contributed by atoms with Crippen LogP contribution in [0, 0.1) is 11.8 Å². The quantitative estimate of drug-likeness (QED) is 0.556. The van der Waals surface area contributed by atoms with Gasteiger partial charge in [0.05, 0.1) is 0 Å². The molecule has 0 radical (unpaired) electrons. The van der Waals surface area contributed by atoms with Gasteiger partial charge in [-0.05, 0) is 0 Å². The van der Waals surface area contributed by atoms with Gasteiger partial charge in [-0.15, -0.1) is 0 Å². The number of nitrogens with zero attached hydrogens (tertiary/aromatic N) is 2. The summed E-state index contributed by atoms with van der Waals surface area (Å²) in [7, 11) is -5.30. The highest BCUT2D eigenvalue weighted by atomic mass is 32.2. The molecule has 0 aromatic heterocycles. The highest BCUT2D eigenvalue weighted by molar-refractivity contribution is 7.88. The van der Waals surface area contributed by atoms with Gasteiger partial charge in [-0.3, -0.25) is 0 Å². The molecule has 11 heteroatoms. The van der Waals surface area contributed by atoms with E-state index in [2.05, 4.69) is 0 Å². The zero-order valence-electron chi connectivity index (χ0n) is 10.3. The van der Waals surface area contributed by atoms with Crippen LogP contribution in [0.1, 0.15) is 0 Å². The highest BCUT2D eigenvalue weighted by Gasteiger charge is 2.55. The molecule has 6 heterocycles. The van der Waals surface area contributed by atoms with Gasteiger partial charge in [-0.1, -0.05) is 0 Å². The summed E-state index contributed by atoms with van der Waals surface area (Å²) in [6, 6.07) is 0. The van der Waals surface area contributed by atoms with Gasteiger partial charge in [0.2, 0.25) is 0 Å². The van der Waals surface area contributed by atoms with Crippen molar-refractivity contribution in [3.8, 4) is 0 Å². The van der Waals surface area contributed by atoms with Crippen LogP contribution >= 0.6 is 0 Å². The Morgan fingerprint density at radius 3 is 1.42 bits per heavy atom. The third kappa shape index (κ3) is 1.96. The van der Waals surface area contributed by atoms with Gasteiger partial charge in [-0.2, -0.15) is 16.9 Å². The van der Waals surface area contributed by atoms with Crippen molar-refractivity contribution in [1.82, 2.24) is 8.43 Å². The van der Waals surface area contributed by atoms with Crippen molar-refractivity contribution < 1.29 is 27.0 Å². The minimum atomic E-state index is -3.68. The van der Waals surface area contributed by atoms with E-state index in [0.717, 1.165) is 0 Å². The maximum absolute atomic E-state index is 12.7. The van der Waals surface area contributed by atoms with Crippen molar-refractivity contribution in [3.63, 3.8) is 0 Å². The van der Waals surface area contributed by atoms with Crippen molar-refractivity contribution >= 4 is 24.7 Å². The summed E-state index contributed by atoms with van der Waals surface area (Å²) in [6.45, 7) is 3.07. The number of hydrogen-bond acceptors (Lipinski definition) is 6. The topological polar surface area (TPSA) is 77.5 Å². The molecular formula is C8H14B2N2O6S. The van der Waals surface area contributed by atoms with E-state index in [4.69, 9.17) is 18.6 Å². The van der Waals surface area contributed by atoms with Gasteiger partial charge >= 0.3 is 14.5 Å². The SMILES string of the molecule is O=S(=O)(N1CC2COB1OC2)N1CC2COB1OC2. The van der Waals surface area contributed by atoms with Gasteiger partial charge in [0.25, 0.3) is 10.2 Å². The Hall–Kier alpha value is -0.160. The van der Waals surface area contributed by atoms with Crippen LogP contribution < -0.4 is 0 Å². The minimum absolute atomic E-state index is 0.101. The molecule has 0 aliphatic carbocycles. The first-order chi connectivity index (χ1) is 9.14. The largest absolute Gasteiger partial charge is 0.573 e. The fourth-order valence-corrected chi connectivity index (χ4v) is 4.58. The van der Waals surface area contributed by atoms with Crippen LogP contribution in [-0.4, -0.2) is 70.9 Å². The first-order valence-electron chi connectivity index (χ1n) is 6.39. The van der Waals surface area contributed by atoms with Gasteiger partial charge < -0.3 is 18.6 Å². The molecule has 0 aromatic carbocycles. The van der Waals surface area contributed by atoms with E-state index < -0.39 is 24.7 Å². The summed E-state index contributed by atoms with van der Waals surface area (Å²) in [5, 5.41) is 0. The van der Waals surface area contributed by atoms with Gasteiger partial charge in [0.15, 0.2) is 0 Å². The molecule has 6 aliphatic heterocycles. The lowest BCUT2D eigenvalue weighted by Gasteiger charge is -2.46. The second kappa shape index (κ2) is 4.42. The fraction of sp³-hybridized carbons (Fsp3) is 1.00. The van der Waals surface area contributed by atoms with E-state index in [0.29, 0.717) is 39.5 Å². The molecule has 0 amide bonds. The molecule has 0 saturated carbocycles. The van der Waals surface area contributed by atoms with Crippen LogP contribution in [0.5, 0.6) is 0 Å². The molecule has 0 spiro atoms. The molecule has 0 aromatic rings. The monoisotopic (exact) mass is 288 g/mol. The lowest BCUT2D eigenvalue weighted by Crippen LogP contribution is -2.68. The first kappa shape index (κ1) is 12.6. The molecule has 19 heavy (non-hydrogen) atoms. The summed E-state index contributed by atoms with van der Waals surface area (Å²) < 4.78 is 49.3. The third-order valence-corrected chi connectivity index (χ3v) is 5.67. The lowest BCUT2D eigenvalue weighted by molar-refractivity contribution is 0.00581. The molecule has 0 atom stereocenters. The van der Waals surface area contributed by atoms with Crippen molar-refractivity contribution in [3.05, 3.63) is 0 Å². The van der Waals surface area contributed by atoms with Crippen LogP contribution in [0.15, 0.2) is 0 Å². The fourth-order valence-electron chi connectivity index (χ4n) is 2.83. The Morgan fingerprint density at radius 2 is 1.16 bits per heavy atom. The Balaban J connectivity index is 1.59. The molecule has 6 aliphatic rings. The Labute approximate surface area is 112 Å². The lowest BCUT2D eigenvalue weighted by atomic mass is 9.95. The molecule has 0 N–H and O–H groups in total. The van der Waals surface area contributed by atoms with Crippen LogP contribution in [0.2, 0.25) is 0 Å². The van der Waals surface area contributed by atoms with Crippen molar-refractivity contribution in [2.45, 2.75) is 0 Å². The average Bonchev–Trinajstić information content (AvgIpc) is 2.49. The van der Waals surface area contributed by atoms with E-state index in [-0.39, 0.29) is 11.8 Å². The molecule has 0 unspecified atom stereocenters. The Morgan fingerprint density at radius 1 is 0.789 bits per heavy atom. The second-order valence-electron chi connectivity index (χ2n) is 5.33. The van der Waals surface area contributed by atoms with E-state index in [1.165, 1.54) is 8.43 Å². The molecule has 8 nitrogen and oxygen atoms in total. The predicted octanol–water partition coefficient (Wildman–Crippen LogP) is -1.84. The van der Waals surface area contributed by atoms with Crippen LogP contribution in [-0.2, 0) is 28.8 Å². The summed E-state index contributed by atoms with van der Waals surface area (Å²) in [5.41, 5.74) is 0. The smallest absolute Gasteiger partial charge is 0.396 e. The molecule has 104 valence electrons. The number of hydrogen-bond donors (Lipinski definition) is 0. The second-order valence-corrected chi connectivity index (χ2v) is 7.16. The molecule has 6 saturated heterocycles. The molecule has 6 fully saturated rings. The van der Waals surface area contributed by atoms with Crippen molar-refractivity contribution in [2.24, 2.45) is 11.8 Å². The molecular weight excluding hydrogens is 274 g/mol. The van der Waals surface area contributed by atoms with E-state index in [9.17, 15) is 8.42 Å². The van der Waals surface area contributed by atoms with E-state index in [1.54, 1.807) is 0 Å². The van der Waals surface area contributed by atoms with Crippen LogP contribution in [0.25, 0.3) is 0 Å². The maximum Gasteiger partial charge on any atom is 0.573 e. The number of fused-ring (bicyclic) bond motifs is 6. The Bertz CT molecular complexity index is 426. The summed E-state index contributed by atoms with van der Waals surface area (Å²) >= 11 is 0. The van der Waals surface area contributed by atoms with E-state index in [1.807, 2.05) is 0 Å². The predicted molar refractivity (Wildman–Crippen MR) is 64.6 cm³/mol. The summed E-state index contributed by atoms with van der Waals surface area (Å²) in [5.74, 6) is 0.201. The van der Waals surface area contributed by atoms with Crippen molar-refractivity contribution in [2.75, 3.05) is 39.5 Å². The maximum atomic E-state index is 12.7. The average molecular weight is 288 g/mol. The summed E-state index contributed by atoms with van der Waals surface area (Å²) in [6.07, 6.45) is 0. The van der Waals surface area contributed by atoms with Gasteiger partial charge in [0, 0.05) is 51.4 Å². The third-order valence-electron chi connectivity index (χ3n) is 3.84. The Kier molecular flexibility index (Phi) is 2.92. The standard InChI is InChI=1S/C8H14B2N2O6S/c13-19(14,11-1-7-3-15-9(11)16-4-7)12-2-8-5-17-10(12)18-6-8/h7-8H,1-6H2. The molecule has 6 rings (SSSR count). The first-order valence-corrected chi connectivity index (χ1v) is 7.79. The van der Waals surface area contributed by atoms with Crippen molar-refractivity contribution in [1.29, 1.82) is 0 Å². The highest BCUT2D eigenvalue weighted by Crippen LogP contribution is 2.30. The van der Waals surface area contributed by atoms with Crippen LogP contribution in [0.3, 0.4) is 0 Å². The zero-order chi connectivity index (χ0) is 13.0. The van der Waals surface area contributed by atoms with Crippen LogP contribution in [0.4, 0.5) is 0 Å². The normalized spacial score (nSPS) is 30.5. The zero-order valence-corrected chi connectivity index (χ0v) is 11.1. The molecule has 4 bridgehead atoms. The van der Waals surface area contributed by atoms with Gasteiger partial charge in [0.1, 0.15) is 0 Å². The van der Waals surface area contributed by atoms with Gasteiger partial charge in [-0.25, -0.2) is 0 Å². The summed E-state index contributed by atoms with van der Waals surface area (Å²) in [4.78, 5) is 0. The minimum Gasteiger partial charge on any atom is -0.396 e. The van der Waals surface area contributed by atoms with E-state index >= 15 is 0 Å².